The first-order valence-corrected chi connectivity index (χ1v) is 13.0. The van der Waals surface area contributed by atoms with Crippen molar-refractivity contribution >= 4 is 17.7 Å². The van der Waals surface area contributed by atoms with Gasteiger partial charge in [-0.05, 0) is 69.1 Å². The molecule has 6 nitrogen and oxygen atoms in total. The minimum Gasteiger partial charge on any atom is -0.343 e. The van der Waals surface area contributed by atoms with Crippen LogP contribution in [0.3, 0.4) is 0 Å². The maximum Gasteiger partial charge on any atom is 0.251 e. The Morgan fingerprint density at radius 3 is 2.17 bits per heavy atom. The molecule has 0 spiro atoms. The average Bonchev–Trinajstić information content (AvgIpc) is 2.91. The van der Waals surface area contributed by atoms with Gasteiger partial charge in [-0.15, -0.1) is 0 Å². The van der Waals surface area contributed by atoms with E-state index in [2.05, 4.69) is 5.32 Å². The zero-order valence-corrected chi connectivity index (χ0v) is 20.7. The second-order valence-electron chi connectivity index (χ2n) is 9.91. The third-order valence-corrected chi connectivity index (χ3v) is 7.37. The van der Waals surface area contributed by atoms with E-state index in [1.165, 1.54) is 5.56 Å². The third kappa shape index (κ3) is 6.71. The molecule has 6 heteroatoms. The van der Waals surface area contributed by atoms with Crippen molar-refractivity contribution in [3.8, 4) is 0 Å². The fourth-order valence-corrected chi connectivity index (χ4v) is 5.16. The van der Waals surface area contributed by atoms with E-state index in [9.17, 15) is 14.4 Å². The molecule has 3 amide bonds. The number of benzene rings is 2. The van der Waals surface area contributed by atoms with E-state index >= 15 is 0 Å². The number of aryl methyl sites for hydroxylation is 2. The van der Waals surface area contributed by atoms with E-state index in [0.717, 1.165) is 57.2 Å². The van der Waals surface area contributed by atoms with Gasteiger partial charge in [0.05, 0.1) is 0 Å². The maximum absolute atomic E-state index is 13.5. The molecule has 1 N–H and O–H groups in total. The number of hydrogen-bond donors (Lipinski definition) is 1. The quantitative estimate of drug-likeness (QED) is 0.659. The van der Waals surface area contributed by atoms with Crippen LogP contribution in [0.2, 0.25) is 0 Å². The SMILES string of the molecule is Cc1ccc(C(=O)N[C@@H](C(=O)N2CCCCC2)C2CCN(C(=O)CCc3ccccc3)CC2)cc1. The van der Waals surface area contributed by atoms with Crippen LogP contribution in [0.1, 0.15) is 60.0 Å². The number of amides is 3. The first-order valence-electron chi connectivity index (χ1n) is 13.0. The molecule has 0 unspecified atom stereocenters. The Hall–Kier alpha value is -3.15. The number of hydrogen-bond acceptors (Lipinski definition) is 3. The highest BCUT2D eigenvalue weighted by molar-refractivity contribution is 5.97. The highest BCUT2D eigenvalue weighted by Crippen LogP contribution is 2.24. The van der Waals surface area contributed by atoms with Gasteiger partial charge < -0.3 is 15.1 Å². The lowest BCUT2D eigenvalue weighted by atomic mass is 9.87. The minimum absolute atomic E-state index is 0.0250. The highest BCUT2D eigenvalue weighted by Gasteiger charge is 2.36. The molecular formula is C29H37N3O3. The number of nitrogens with zero attached hydrogens (tertiary/aromatic N) is 2. The Morgan fingerprint density at radius 1 is 0.857 bits per heavy atom. The summed E-state index contributed by atoms with van der Waals surface area (Å²) in [7, 11) is 0. The van der Waals surface area contributed by atoms with Crippen LogP contribution in [0, 0.1) is 12.8 Å². The fourth-order valence-electron chi connectivity index (χ4n) is 5.16. The zero-order valence-electron chi connectivity index (χ0n) is 20.7. The summed E-state index contributed by atoms with van der Waals surface area (Å²) in [6.07, 6.45) is 5.84. The lowest BCUT2D eigenvalue weighted by molar-refractivity contribution is -0.137. The van der Waals surface area contributed by atoms with Gasteiger partial charge in [0.15, 0.2) is 0 Å². The van der Waals surface area contributed by atoms with E-state index in [4.69, 9.17) is 0 Å². The summed E-state index contributed by atoms with van der Waals surface area (Å²) in [6.45, 7) is 4.75. The Labute approximate surface area is 208 Å². The molecule has 0 radical (unpaired) electrons. The number of carbonyl (C=O) groups excluding carboxylic acids is 3. The molecule has 186 valence electrons. The predicted octanol–water partition coefficient (Wildman–Crippen LogP) is 3.98. The predicted molar refractivity (Wildman–Crippen MR) is 137 cm³/mol. The molecule has 0 saturated carbocycles. The molecule has 2 aromatic carbocycles. The Bertz CT molecular complexity index is 992. The van der Waals surface area contributed by atoms with Crippen molar-refractivity contribution in [1.29, 1.82) is 0 Å². The number of likely N-dealkylation sites (tertiary alicyclic amines) is 2. The molecule has 0 aliphatic carbocycles. The van der Waals surface area contributed by atoms with Gasteiger partial charge in [-0.25, -0.2) is 0 Å². The molecule has 1 atom stereocenters. The smallest absolute Gasteiger partial charge is 0.251 e. The van der Waals surface area contributed by atoms with Gasteiger partial charge in [-0.3, -0.25) is 14.4 Å². The summed E-state index contributed by atoms with van der Waals surface area (Å²) in [5.74, 6) is 0.00708. The lowest BCUT2D eigenvalue weighted by Gasteiger charge is -2.38. The van der Waals surface area contributed by atoms with Crippen molar-refractivity contribution < 1.29 is 14.4 Å². The summed E-state index contributed by atoms with van der Waals surface area (Å²) >= 11 is 0. The van der Waals surface area contributed by atoms with E-state index in [0.29, 0.717) is 25.1 Å². The summed E-state index contributed by atoms with van der Waals surface area (Å²) in [6, 6.07) is 17.0. The van der Waals surface area contributed by atoms with Crippen molar-refractivity contribution in [2.24, 2.45) is 5.92 Å². The highest BCUT2D eigenvalue weighted by atomic mass is 16.2. The molecule has 2 aliphatic heterocycles. The van der Waals surface area contributed by atoms with Gasteiger partial charge in [0.25, 0.3) is 5.91 Å². The van der Waals surface area contributed by atoms with Gasteiger partial charge in [0.2, 0.25) is 11.8 Å². The monoisotopic (exact) mass is 475 g/mol. The standard InChI is InChI=1S/C29H37N3O3/c1-22-10-13-25(14-11-22)28(34)30-27(29(35)32-18-6-3-7-19-32)24-16-20-31(21-17-24)26(33)15-12-23-8-4-2-5-9-23/h2,4-5,8-11,13-14,24,27H,3,6-7,12,15-21H2,1H3,(H,30,34)/t27-/m1/s1. The van der Waals surface area contributed by atoms with E-state index in [-0.39, 0.29) is 23.6 Å². The number of carbonyl (C=O) groups is 3. The van der Waals surface area contributed by atoms with Crippen molar-refractivity contribution in [2.45, 2.75) is 57.9 Å². The normalized spacial score (nSPS) is 17.6. The van der Waals surface area contributed by atoms with Crippen molar-refractivity contribution in [1.82, 2.24) is 15.1 Å². The molecule has 0 bridgehead atoms. The van der Waals surface area contributed by atoms with Crippen molar-refractivity contribution in [3.05, 3.63) is 71.3 Å². The Kier molecular flexibility index (Phi) is 8.56. The van der Waals surface area contributed by atoms with Crippen LogP contribution in [-0.2, 0) is 16.0 Å². The average molecular weight is 476 g/mol. The van der Waals surface area contributed by atoms with Crippen LogP contribution in [0.15, 0.2) is 54.6 Å². The maximum atomic E-state index is 13.5. The third-order valence-electron chi connectivity index (χ3n) is 7.37. The number of rotatable bonds is 7. The molecule has 2 fully saturated rings. The van der Waals surface area contributed by atoms with Gasteiger partial charge in [-0.2, -0.15) is 0 Å². The Balaban J connectivity index is 1.38. The van der Waals surface area contributed by atoms with Gasteiger partial charge in [0, 0.05) is 38.2 Å². The van der Waals surface area contributed by atoms with Crippen LogP contribution >= 0.6 is 0 Å². The van der Waals surface area contributed by atoms with E-state index in [1.807, 2.05) is 59.2 Å². The fraction of sp³-hybridized carbons (Fsp3) is 0.483. The summed E-state index contributed by atoms with van der Waals surface area (Å²) in [4.78, 5) is 43.2. The molecule has 2 aromatic rings. The molecule has 0 aromatic heterocycles. The first kappa shape index (κ1) is 25.0. The van der Waals surface area contributed by atoms with Crippen LogP contribution in [0.4, 0.5) is 0 Å². The number of nitrogens with one attached hydrogen (secondary N) is 1. The van der Waals surface area contributed by atoms with Crippen LogP contribution in [0.25, 0.3) is 0 Å². The first-order chi connectivity index (χ1) is 17.0. The van der Waals surface area contributed by atoms with Crippen LogP contribution < -0.4 is 5.32 Å². The van der Waals surface area contributed by atoms with Crippen molar-refractivity contribution in [3.63, 3.8) is 0 Å². The largest absolute Gasteiger partial charge is 0.343 e. The van der Waals surface area contributed by atoms with Crippen LogP contribution in [-0.4, -0.2) is 59.7 Å². The molecule has 4 rings (SSSR count). The minimum atomic E-state index is -0.552. The number of piperidine rings is 2. The van der Waals surface area contributed by atoms with E-state index < -0.39 is 6.04 Å². The van der Waals surface area contributed by atoms with Crippen molar-refractivity contribution in [2.75, 3.05) is 26.2 Å². The Morgan fingerprint density at radius 2 is 1.51 bits per heavy atom. The molecule has 2 saturated heterocycles. The summed E-state index contributed by atoms with van der Waals surface area (Å²) in [5.41, 5.74) is 2.83. The van der Waals surface area contributed by atoms with Gasteiger partial charge >= 0.3 is 0 Å². The molecular weight excluding hydrogens is 438 g/mol. The zero-order chi connectivity index (χ0) is 24.6. The van der Waals surface area contributed by atoms with Gasteiger partial charge in [-0.1, -0.05) is 48.0 Å². The van der Waals surface area contributed by atoms with E-state index in [1.54, 1.807) is 12.1 Å². The van der Waals surface area contributed by atoms with Gasteiger partial charge in [0.1, 0.15) is 6.04 Å². The molecule has 2 heterocycles. The molecule has 2 aliphatic rings. The summed E-state index contributed by atoms with van der Waals surface area (Å²) < 4.78 is 0. The summed E-state index contributed by atoms with van der Waals surface area (Å²) in [5, 5.41) is 3.08. The lowest BCUT2D eigenvalue weighted by Crippen LogP contribution is -2.55. The second kappa shape index (κ2) is 12.0. The second-order valence-corrected chi connectivity index (χ2v) is 9.91. The molecule has 35 heavy (non-hydrogen) atoms. The van der Waals surface area contributed by atoms with Crippen LogP contribution in [0.5, 0.6) is 0 Å². The topological polar surface area (TPSA) is 69.7 Å².